The molecule has 0 amide bonds. The molecule has 2 aromatic heterocycles. The van der Waals surface area contributed by atoms with E-state index >= 15 is 0 Å². The molecule has 0 saturated carbocycles. The van der Waals surface area contributed by atoms with Gasteiger partial charge >= 0.3 is 0 Å². The third-order valence-corrected chi connectivity index (χ3v) is 9.30. The van der Waals surface area contributed by atoms with Crippen LogP contribution in [0.1, 0.15) is 71.6 Å². The lowest BCUT2D eigenvalue weighted by atomic mass is 9.90. The van der Waals surface area contributed by atoms with Gasteiger partial charge < -0.3 is 0 Å². The average Bonchev–Trinajstić information content (AvgIpc) is 3.66. The highest BCUT2D eigenvalue weighted by Crippen LogP contribution is 2.34. The van der Waals surface area contributed by atoms with Gasteiger partial charge in [0, 0.05) is 23.7 Å². The van der Waals surface area contributed by atoms with Gasteiger partial charge in [0.25, 0.3) is 5.82 Å². The molecule has 0 N–H and O–H groups in total. The molecule has 0 radical (unpaired) electrons. The van der Waals surface area contributed by atoms with E-state index in [0.717, 1.165) is 24.2 Å². The predicted molar refractivity (Wildman–Crippen MR) is 199 cm³/mol. The van der Waals surface area contributed by atoms with Crippen LogP contribution in [0.15, 0.2) is 109 Å². The van der Waals surface area contributed by atoms with Crippen LogP contribution in [0.3, 0.4) is 0 Å². The van der Waals surface area contributed by atoms with Crippen molar-refractivity contribution in [2.24, 2.45) is 5.92 Å². The van der Waals surface area contributed by atoms with E-state index < -0.39 is 0 Å². The summed E-state index contributed by atoms with van der Waals surface area (Å²) in [5.41, 5.74) is 11.8. The van der Waals surface area contributed by atoms with E-state index in [1.165, 1.54) is 55.9 Å². The van der Waals surface area contributed by atoms with Crippen LogP contribution in [0.25, 0.3) is 34.2 Å². The molecule has 2 atom stereocenters. The topological polar surface area (TPSA) is 26.6 Å². The van der Waals surface area contributed by atoms with Gasteiger partial charge in [-0.15, -0.1) is 9.24 Å². The third kappa shape index (κ3) is 6.88. The Bertz CT molecular complexity index is 1870. The number of rotatable bonds is 5. The summed E-state index contributed by atoms with van der Waals surface area (Å²) in [6, 6.07) is 23.6. The van der Waals surface area contributed by atoms with Crippen LogP contribution in [-0.2, 0) is 12.0 Å². The fraction of sp³-hybridized carbons (Fsp3) is 0.317. The van der Waals surface area contributed by atoms with E-state index in [9.17, 15) is 0 Å². The lowest BCUT2D eigenvalue weighted by Gasteiger charge is -2.23. The van der Waals surface area contributed by atoms with Crippen molar-refractivity contribution >= 4 is 20.2 Å². The summed E-state index contributed by atoms with van der Waals surface area (Å²) in [6.07, 6.45) is 12.9. The Balaban J connectivity index is 0.000000187. The number of imidazole rings is 2. The fourth-order valence-electron chi connectivity index (χ4n) is 6.86. The SMILES string of the molecule is CC1=CC(C)CC(C)=C1n1ccnc1-c1ccccc1.CCc1cc(C)c(-n2cc[n+](C(C)(C)C)c2-c2ccccc2P)c(C)c1. The lowest BCUT2D eigenvalue weighted by molar-refractivity contribution is -0.743. The maximum atomic E-state index is 4.55. The molecule has 3 aromatic carbocycles. The van der Waals surface area contributed by atoms with E-state index in [1.807, 2.05) is 12.3 Å². The largest absolute Gasteiger partial charge is 0.300 e. The van der Waals surface area contributed by atoms with E-state index in [0.29, 0.717) is 5.92 Å². The maximum Gasteiger partial charge on any atom is 0.295 e. The first-order valence-corrected chi connectivity index (χ1v) is 17.0. The number of aryl methyl sites for hydroxylation is 3. The summed E-state index contributed by atoms with van der Waals surface area (Å²) in [6.45, 7) is 20.1. The third-order valence-electron chi connectivity index (χ3n) is 8.80. The van der Waals surface area contributed by atoms with Gasteiger partial charge in [0.1, 0.15) is 29.4 Å². The summed E-state index contributed by atoms with van der Waals surface area (Å²) >= 11 is 0. The molecular formula is C41H50N4P+. The van der Waals surface area contributed by atoms with Crippen molar-refractivity contribution in [2.45, 2.75) is 80.7 Å². The molecule has 0 bridgehead atoms. The first-order valence-electron chi connectivity index (χ1n) is 16.5. The zero-order valence-electron chi connectivity index (χ0n) is 29.1. The minimum atomic E-state index is -0.00129. The first kappa shape index (κ1) is 33.4. The molecule has 1 aliphatic rings. The smallest absolute Gasteiger partial charge is 0.295 e. The summed E-state index contributed by atoms with van der Waals surface area (Å²) < 4.78 is 6.96. The predicted octanol–water partition coefficient (Wildman–Crippen LogP) is 9.63. The van der Waals surface area contributed by atoms with Crippen LogP contribution in [0, 0.1) is 19.8 Å². The molecule has 0 saturated heterocycles. The molecule has 2 unspecified atom stereocenters. The molecule has 5 heteroatoms. The number of hydrogen-bond acceptors (Lipinski definition) is 1. The second-order valence-electron chi connectivity index (χ2n) is 13.7. The van der Waals surface area contributed by atoms with Gasteiger partial charge in [0.05, 0.1) is 5.56 Å². The van der Waals surface area contributed by atoms with Crippen LogP contribution >= 0.6 is 9.24 Å². The van der Waals surface area contributed by atoms with Crippen LogP contribution in [0.4, 0.5) is 0 Å². The molecule has 238 valence electrons. The van der Waals surface area contributed by atoms with Crippen LogP contribution in [0.2, 0.25) is 0 Å². The monoisotopic (exact) mass is 629 g/mol. The fourth-order valence-corrected chi connectivity index (χ4v) is 7.20. The van der Waals surface area contributed by atoms with Crippen molar-refractivity contribution in [3.05, 3.63) is 125 Å². The standard InChI is InChI=1S/C23H30N2P.C18H20N2/c1-7-18-14-16(2)21(17(3)15-18)24-12-13-25(23(4,5)6)22(24)19-10-8-9-11-20(19)26;1-13-11-14(2)17(15(3)12-13)20-10-9-19-18(20)16-7-5-4-6-8-16/h8-15H,7,26H2,1-6H3;4-11,13H,12H2,1-3H3/q+1;. The molecule has 46 heavy (non-hydrogen) atoms. The zero-order chi connectivity index (χ0) is 33.2. The quantitative estimate of drug-likeness (QED) is 0.140. The molecular weight excluding hydrogens is 579 g/mol. The van der Waals surface area contributed by atoms with Crippen LogP contribution < -0.4 is 9.87 Å². The van der Waals surface area contributed by atoms with Crippen molar-refractivity contribution in [1.82, 2.24) is 14.1 Å². The van der Waals surface area contributed by atoms with Crippen molar-refractivity contribution in [3.63, 3.8) is 0 Å². The van der Waals surface area contributed by atoms with E-state index in [-0.39, 0.29) is 5.54 Å². The normalized spacial score (nSPS) is 15.0. The maximum absolute atomic E-state index is 4.55. The van der Waals surface area contributed by atoms with Gasteiger partial charge in [-0.3, -0.25) is 4.57 Å². The summed E-state index contributed by atoms with van der Waals surface area (Å²) in [5.74, 6) is 2.86. The Morgan fingerprint density at radius 1 is 0.891 bits per heavy atom. The number of nitrogens with zero attached hydrogens (tertiary/aromatic N) is 4. The summed E-state index contributed by atoms with van der Waals surface area (Å²) in [5, 5.41) is 1.21. The van der Waals surface area contributed by atoms with E-state index in [4.69, 9.17) is 0 Å². The Hall–Kier alpha value is -4.01. The highest BCUT2D eigenvalue weighted by atomic mass is 31.0. The highest BCUT2D eigenvalue weighted by Gasteiger charge is 2.31. The molecule has 0 fully saturated rings. The number of benzene rings is 3. The van der Waals surface area contributed by atoms with E-state index in [2.05, 4.69) is 176 Å². The van der Waals surface area contributed by atoms with Crippen molar-refractivity contribution in [2.75, 3.05) is 0 Å². The van der Waals surface area contributed by atoms with Crippen molar-refractivity contribution < 1.29 is 4.57 Å². The van der Waals surface area contributed by atoms with Crippen molar-refractivity contribution in [1.29, 1.82) is 0 Å². The molecule has 4 nitrogen and oxygen atoms in total. The van der Waals surface area contributed by atoms with Crippen LogP contribution in [0.5, 0.6) is 0 Å². The zero-order valence-corrected chi connectivity index (χ0v) is 30.3. The molecule has 1 aliphatic carbocycles. The van der Waals surface area contributed by atoms with E-state index in [1.54, 1.807) is 0 Å². The molecule has 2 heterocycles. The Kier molecular flexibility index (Phi) is 9.99. The Labute approximate surface area is 278 Å². The number of hydrogen-bond donors (Lipinski definition) is 0. The Morgan fingerprint density at radius 2 is 1.54 bits per heavy atom. The minimum Gasteiger partial charge on any atom is -0.300 e. The summed E-state index contributed by atoms with van der Waals surface area (Å²) in [4.78, 5) is 4.55. The molecule has 0 spiro atoms. The summed E-state index contributed by atoms with van der Waals surface area (Å²) in [7, 11) is 2.89. The van der Waals surface area contributed by atoms with Gasteiger partial charge in [0.15, 0.2) is 0 Å². The van der Waals surface area contributed by atoms with Gasteiger partial charge in [-0.2, -0.15) is 4.57 Å². The highest BCUT2D eigenvalue weighted by molar-refractivity contribution is 7.27. The number of aromatic nitrogens is 4. The van der Waals surface area contributed by atoms with Gasteiger partial charge in [-0.1, -0.05) is 80.6 Å². The second-order valence-corrected chi connectivity index (χ2v) is 14.3. The molecule has 0 aliphatic heterocycles. The van der Waals surface area contributed by atoms with Gasteiger partial charge in [-0.25, -0.2) is 9.55 Å². The van der Waals surface area contributed by atoms with Crippen LogP contribution in [-0.4, -0.2) is 14.1 Å². The van der Waals surface area contributed by atoms with Crippen molar-refractivity contribution in [3.8, 4) is 28.5 Å². The number of allylic oxidation sites excluding steroid dienone is 4. The average molecular weight is 630 g/mol. The van der Waals surface area contributed by atoms with Gasteiger partial charge in [-0.05, 0) is 106 Å². The minimum absolute atomic E-state index is 0.00129. The molecule has 5 aromatic rings. The lowest BCUT2D eigenvalue weighted by Crippen LogP contribution is -2.51. The van der Waals surface area contributed by atoms with Gasteiger partial charge in [0.2, 0.25) is 0 Å². The first-order chi connectivity index (χ1) is 21.9. The second kappa shape index (κ2) is 13.8. The molecule has 6 rings (SSSR count). The Morgan fingerprint density at radius 3 is 2.15 bits per heavy atom.